The zero-order valence-corrected chi connectivity index (χ0v) is 20.5. The molecule has 184 valence electrons. The summed E-state index contributed by atoms with van der Waals surface area (Å²) >= 11 is 5.91. The highest BCUT2D eigenvalue weighted by Gasteiger charge is 2.15. The van der Waals surface area contributed by atoms with Crippen molar-refractivity contribution < 1.29 is 13.9 Å². The minimum absolute atomic E-state index is 0.0574. The van der Waals surface area contributed by atoms with Gasteiger partial charge in [-0.05, 0) is 24.3 Å². The van der Waals surface area contributed by atoms with Crippen molar-refractivity contribution in [3.05, 3.63) is 90.4 Å². The minimum Gasteiger partial charge on any atom is -0.494 e. The number of hydrogen-bond acceptors (Lipinski definition) is 6. The summed E-state index contributed by atoms with van der Waals surface area (Å²) in [5.41, 5.74) is 2.10. The summed E-state index contributed by atoms with van der Waals surface area (Å²) < 4.78 is 19.1. The molecule has 1 heterocycles. The normalized spacial score (nSPS) is 10.9. The lowest BCUT2D eigenvalue weighted by Gasteiger charge is -2.16. The molecular weight excluding hydrogens is 481 g/mol. The zero-order valence-electron chi connectivity index (χ0n) is 19.7. The monoisotopic (exact) mass is 505 g/mol. The van der Waals surface area contributed by atoms with Crippen LogP contribution in [0.25, 0.3) is 10.9 Å². The number of aromatic nitrogens is 1. The Balaban J connectivity index is 1.94. The van der Waals surface area contributed by atoms with E-state index in [1.165, 1.54) is 37.6 Å². The number of nitrogens with one attached hydrogen (secondary N) is 2. The smallest absolute Gasteiger partial charge is 0.248 e. The van der Waals surface area contributed by atoms with Gasteiger partial charge in [0, 0.05) is 49.0 Å². The molecule has 0 saturated carbocycles. The van der Waals surface area contributed by atoms with Crippen LogP contribution in [0.3, 0.4) is 0 Å². The van der Waals surface area contributed by atoms with E-state index in [1.54, 1.807) is 30.4 Å². The lowest BCUT2D eigenvalue weighted by atomic mass is 10.1. The lowest BCUT2D eigenvalue weighted by molar-refractivity contribution is -0.111. The number of fused-ring (bicyclic) bond motifs is 1. The van der Waals surface area contributed by atoms with Gasteiger partial charge in [-0.1, -0.05) is 29.8 Å². The number of ether oxygens (including phenoxy) is 1. The van der Waals surface area contributed by atoms with Crippen LogP contribution in [0, 0.1) is 17.1 Å². The average molecular weight is 506 g/mol. The number of methoxy groups -OCH3 is 1. The second kappa shape index (κ2) is 12.5. The second-order valence-electron chi connectivity index (χ2n) is 7.67. The van der Waals surface area contributed by atoms with Crippen molar-refractivity contribution in [2.75, 3.05) is 37.4 Å². The van der Waals surface area contributed by atoms with Gasteiger partial charge in [0.15, 0.2) is 0 Å². The number of hydrogen-bond donors (Lipinski definition) is 2. The van der Waals surface area contributed by atoms with E-state index in [0.29, 0.717) is 53.3 Å². The molecule has 0 radical (unpaired) electrons. The molecule has 2 aromatic carbocycles. The van der Waals surface area contributed by atoms with Crippen LogP contribution in [-0.2, 0) is 4.79 Å². The first-order valence-corrected chi connectivity index (χ1v) is 11.3. The predicted molar refractivity (Wildman–Crippen MR) is 142 cm³/mol. The number of amides is 1. The third-order valence-corrected chi connectivity index (χ3v) is 5.45. The van der Waals surface area contributed by atoms with Crippen molar-refractivity contribution in [2.24, 2.45) is 0 Å². The Morgan fingerprint density at radius 3 is 2.64 bits per heavy atom. The van der Waals surface area contributed by atoms with Crippen LogP contribution >= 0.6 is 11.6 Å². The van der Waals surface area contributed by atoms with E-state index >= 15 is 0 Å². The first-order valence-electron chi connectivity index (χ1n) is 10.9. The first kappa shape index (κ1) is 26.4. The third kappa shape index (κ3) is 6.48. The number of benzene rings is 2. The van der Waals surface area contributed by atoms with Gasteiger partial charge >= 0.3 is 0 Å². The van der Waals surface area contributed by atoms with Gasteiger partial charge in [-0.25, -0.2) is 4.39 Å². The Morgan fingerprint density at radius 1 is 1.25 bits per heavy atom. The number of carbonyl (C=O) groups is 1. The van der Waals surface area contributed by atoms with Crippen molar-refractivity contribution in [3.63, 3.8) is 0 Å². The molecule has 0 fully saturated rings. The predicted octanol–water partition coefficient (Wildman–Crippen LogP) is 5.82. The van der Waals surface area contributed by atoms with E-state index in [1.807, 2.05) is 0 Å². The van der Waals surface area contributed by atoms with E-state index in [9.17, 15) is 14.4 Å². The van der Waals surface area contributed by atoms with Crippen LogP contribution < -0.4 is 15.4 Å². The topological polar surface area (TPSA) is 90.3 Å². The Hall–Kier alpha value is -4.19. The fourth-order valence-corrected chi connectivity index (χ4v) is 3.68. The maximum absolute atomic E-state index is 13.6. The molecule has 0 unspecified atom stereocenters. The SMILES string of the molecule is C=CCN(CC=C)C/C=C/C(=O)Nc1cc2c(Nc3ccc(F)c(Cl)c3)c(C#N)cnc2cc1OC. The first-order chi connectivity index (χ1) is 17.4. The van der Waals surface area contributed by atoms with Gasteiger partial charge in [-0.3, -0.25) is 14.7 Å². The molecule has 1 aromatic heterocycles. The maximum atomic E-state index is 13.6. The number of nitrogens with zero attached hydrogens (tertiary/aromatic N) is 3. The van der Waals surface area contributed by atoms with Crippen molar-refractivity contribution >= 4 is 45.5 Å². The Labute approximate surface area is 214 Å². The van der Waals surface area contributed by atoms with Crippen molar-refractivity contribution in [3.8, 4) is 11.8 Å². The van der Waals surface area contributed by atoms with Crippen LogP contribution in [-0.4, -0.2) is 42.5 Å². The van der Waals surface area contributed by atoms with Gasteiger partial charge in [0.25, 0.3) is 0 Å². The van der Waals surface area contributed by atoms with E-state index in [0.717, 1.165) is 0 Å². The standard InChI is InChI=1S/C27H25ClFN5O2/c1-4-10-34(11-5-2)12-6-7-26(35)33-24-14-20-23(15-25(24)36-3)31-17-18(16-30)27(20)32-19-8-9-22(29)21(28)13-19/h4-9,13-15,17H,1-2,10-12H2,3H3,(H,31,32)(H,33,35)/b7-6+. The number of halogens is 2. The molecule has 0 aliphatic heterocycles. The summed E-state index contributed by atoms with van der Waals surface area (Å²) in [4.78, 5) is 19.0. The number of rotatable bonds is 11. The van der Waals surface area contributed by atoms with Gasteiger partial charge in [-0.15, -0.1) is 13.2 Å². The molecule has 0 spiro atoms. The highest BCUT2D eigenvalue weighted by molar-refractivity contribution is 6.31. The third-order valence-electron chi connectivity index (χ3n) is 5.16. The number of anilines is 3. The Bertz CT molecular complexity index is 1360. The number of pyridine rings is 1. The molecule has 3 rings (SSSR count). The van der Waals surface area contributed by atoms with Gasteiger partial charge in [0.1, 0.15) is 17.6 Å². The van der Waals surface area contributed by atoms with Crippen LogP contribution in [0.15, 0.2) is 74.0 Å². The highest BCUT2D eigenvalue weighted by atomic mass is 35.5. The van der Waals surface area contributed by atoms with Gasteiger partial charge < -0.3 is 15.4 Å². The molecule has 1 amide bonds. The van der Waals surface area contributed by atoms with E-state index in [4.69, 9.17) is 16.3 Å². The molecule has 0 atom stereocenters. The van der Waals surface area contributed by atoms with Crippen molar-refractivity contribution in [2.45, 2.75) is 0 Å². The van der Waals surface area contributed by atoms with Crippen LogP contribution in [0.5, 0.6) is 5.75 Å². The highest BCUT2D eigenvalue weighted by Crippen LogP contribution is 2.36. The summed E-state index contributed by atoms with van der Waals surface area (Å²) in [7, 11) is 1.48. The van der Waals surface area contributed by atoms with Crippen LogP contribution in [0.4, 0.5) is 21.5 Å². The molecule has 7 nitrogen and oxygen atoms in total. The van der Waals surface area contributed by atoms with E-state index < -0.39 is 5.82 Å². The lowest BCUT2D eigenvalue weighted by Crippen LogP contribution is -2.24. The minimum atomic E-state index is -0.554. The molecule has 9 heteroatoms. The van der Waals surface area contributed by atoms with Crippen molar-refractivity contribution in [1.29, 1.82) is 5.26 Å². The molecule has 0 aliphatic carbocycles. The summed E-state index contributed by atoms with van der Waals surface area (Å²) in [6.07, 6.45) is 8.18. The largest absolute Gasteiger partial charge is 0.494 e. The summed E-state index contributed by atoms with van der Waals surface area (Å²) in [6, 6.07) is 9.59. The van der Waals surface area contributed by atoms with Gasteiger partial charge in [-0.2, -0.15) is 5.26 Å². The molecule has 3 aromatic rings. The molecule has 0 bridgehead atoms. The fraction of sp³-hybridized carbons (Fsp3) is 0.148. The zero-order chi connectivity index (χ0) is 26.1. The Morgan fingerprint density at radius 2 is 2.00 bits per heavy atom. The van der Waals surface area contributed by atoms with Gasteiger partial charge in [0.2, 0.25) is 5.91 Å². The van der Waals surface area contributed by atoms with E-state index in [2.05, 4.69) is 39.7 Å². The van der Waals surface area contributed by atoms with Gasteiger partial charge in [0.05, 0.1) is 34.6 Å². The molecule has 0 saturated heterocycles. The molecule has 2 N–H and O–H groups in total. The number of carbonyl (C=O) groups excluding carboxylic acids is 1. The van der Waals surface area contributed by atoms with E-state index in [-0.39, 0.29) is 16.5 Å². The maximum Gasteiger partial charge on any atom is 0.248 e. The molecule has 0 aliphatic rings. The summed E-state index contributed by atoms with van der Waals surface area (Å²) in [5.74, 6) is -0.506. The fourth-order valence-electron chi connectivity index (χ4n) is 3.50. The number of nitriles is 1. The van der Waals surface area contributed by atoms with Crippen LogP contribution in [0.1, 0.15) is 5.56 Å². The second-order valence-corrected chi connectivity index (χ2v) is 8.08. The molecular formula is C27H25ClFN5O2. The molecule has 36 heavy (non-hydrogen) atoms. The summed E-state index contributed by atoms with van der Waals surface area (Å²) in [6.45, 7) is 9.34. The quantitative estimate of drug-likeness (QED) is 0.252. The Kier molecular flexibility index (Phi) is 9.17. The summed E-state index contributed by atoms with van der Waals surface area (Å²) in [5, 5.41) is 16.1. The average Bonchev–Trinajstić information content (AvgIpc) is 2.86. The van der Waals surface area contributed by atoms with Crippen molar-refractivity contribution in [1.82, 2.24) is 9.88 Å². The van der Waals surface area contributed by atoms with Crippen LogP contribution in [0.2, 0.25) is 5.02 Å².